The van der Waals surface area contributed by atoms with Crippen LogP contribution in [0.2, 0.25) is 0 Å². The van der Waals surface area contributed by atoms with Gasteiger partial charge in [0.2, 0.25) is 0 Å². The largest absolute Gasteiger partial charge is 0.485 e. The summed E-state index contributed by atoms with van der Waals surface area (Å²) in [5.74, 6) is 1.45. The monoisotopic (exact) mass is 316 g/mol. The van der Waals surface area contributed by atoms with Crippen molar-refractivity contribution in [2.24, 2.45) is 0 Å². The van der Waals surface area contributed by atoms with E-state index in [0.717, 1.165) is 12.2 Å². The summed E-state index contributed by atoms with van der Waals surface area (Å²) in [7, 11) is 0. The van der Waals surface area contributed by atoms with Crippen LogP contribution in [0.15, 0.2) is 84.9 Å². The summed E-state index contributed by atoms with van der Waals surface area (Å²) < 4.78 is 6.30. The molecule has 3 aromatic carbocycles. The van der Waals surface area contributed by atoms with Crippen LogP contribution in [-0.2, 0) is 6.42 Å². The first-order chi connectivity index (χ1) is 11.7. The van der Waals surface area contributed by atoms with E-state index in [4.69, 9.17) is 4.74 Å². The molecule has 0 heterocycles. The highest BCUT2D eigenvalue weighted by molar-refractivity contribution is 5.30. The van der Waals surface area contributed by atoms with Crippen LogP contribution >= 0.6 is 0 Å². The lowest BCUT2D eigenvalue weighted by atomic mass is 9.97. The van der Waals surface area contributed by atoms with Crippen LogP contribution in [0.3, 0.4) is 0 Å². The minimum absolute atomic E-state index is 0.0102. The van der Waals surface area contributed by atoms with E-state index in [0.29, 0.717) is 5.92 Å². The predicted octanol–water partition coefficient (Wildman–Crippen LogP) is 6.17. The highest BCUT2D eigenvalue weighted by Crippen LogP contribution is 2.27. The Morgan fingerprint density at radius 2 is 1.21 bits per heavy atom. The van der Waals surface area contributed by atoms with Gasteiger partial charge < -0.3 is 4.74 Å². The fourth-order valence-electron chi connectivity index (χ4n) is 2.81. The molecule has 0 aliphatic carbocycles. The van der Waals surface area contributed by atoms with Gasteiger partial charge in [0.05, 0.1) is 0 Å². The standard InChI is InChI=1S/C23H24O/c1-18(2)20-13-15-21(16-14-20)23(17-19-9-5-3-6-10-19)24-22-11-7-4-8-12-22/h3-16,18,23H,17H2,1-2H3. The van der Waals surface area contributed by atoms with E-state index in [2.05, 4.69) is 62.4 Å². The van der Waals surface area contributed by atoms with E-state index in [-0.39, 0.29) is 6.10 Å². The first kappa shape index (κ1) is 16.3. The van der Waals surface area contributed by atoms with Gasteiger partial charge in [0.15, 0.2) is 0 Å². The predicted molar refractivity (Wildman–Crippen MR) is 100 cm³/mol. The molecule has 0 radical (unpaired) electrons. The third-order valence-corrected chi connectivity index (χ3v) is 4.26. The number of ether oxygens (including phenoxy) is 1. The summed E-state index contributed by atoms with van der Waals surface area (Å²) in [5, 5.41) is 0. The number of hydrogen-bond donors (Lipinski definition) is 0. The van der Waals surface area contributed by atoms with Crippen molar-refractivity contribution in [2.75, 3.05) is 0 Å². The first-order valence-corrected chi connectivity index (χ1v) is 8.58. The molecule has 0 amide bonds. The second-order valence-electron chi connectivity index (χ2n) is 6.43. The lowest BCUT2D eigenvalue weighted by molar-refractivity contribution is 0.206. The van der Waals surface area contributed by atoms with Gasteiger partial charge in [-0.05, 0) is 34.7 Å². The van der Waals surface area contributed by atoms with Gasteiger partial charge in [0, 0.05) is 6.42 Å². The molecule has 0 saturated heterocycles. The van der Waals surface area contributed by atoms with Gasteiger partial charge in [-0.25, -0.2) is 0 Å². The van der Waals surface area contributed by atoms with Gasteiger partial charge in [-0.3, -0.25) is 0 Å². The lowest BCUT2D eigenvalue weighted by Gasteiger charge is -2.20. The molecule has 0 aliphatic heterocycles. The van der Waals surface area contributed by atoms with Gasteiger partial charge in [-0.2, -0.15) is 0 Å². The van der Waals surface area contributed by atoms with Gasteiger partial charge in [0.25, 0.3) is 0 Å². The summed E-state index contributed by atoms with van der Waals surface area (Å²) in [4.78, 5) is 0. The van der Waals surface area contributed by atoms with Crippen molar-refractivity contribution in [2.45, 2.75) is 32.3 Å². The SMILES string of the molecule is CC(C)c1ccc(C(Cc2ccccc2)Oc2ccccc2)cc1. The third-order valence-electron chi connectivity index (χ3n) is 4.26. The second-order valence-corrected chi connectivity index (χ2v) is 6.43. The minimum Gasteiger partial charge on any atom is -0.485 e. The summed E-state index contributed by atoms with van der Waals surface area (Å²) in [6, 6.07) is 29.4. The Morgan fingerprint density at radius 1 is 0.667 bits per heavy atom. The van der Waals surface area contributed by atoms with Gasteiger partial charge in [0.1, 0.15) is 11.9 Å². The molecule has 24 heavy (non-hydrogen) atoms. The Balaban J connectivity index is 1.86. The van der Waals surface area contributed by atoms with E-state index < -0.39 is 0 Å². The number of para-hydroxylation sites is 1. The fraction of sp³-hybridized carbons (Fsp3) is 0.217. The van der Waals surface area contributed by atoms with Crippen LogP contribution in [0.5, 0.6) is 5.75 Å². The van der Waals surface area contributed by atoms with Crippen molar-refractivity contribution in [3.63, 3.8) is 0 Å². The van der Waals surface area contributed by atoms with Crippen LogP contribution in [0.25, 0.3) is 0 Å². The number of rotatable bonds is 6. The Kier molecular flexibility index (Phi) is 5.32. The van der Waals surface area contributed by atoms with Crippen LogP contribution in [-0.4, -0.2) is 0 Å². The molecule has 1 heteroatoms. The molecule has 0 saturated carbocycles. The maximum absolute atomic E-state index is 6.30. The molecular formula is C23H24O. The molecule has 3 rings (SSSR count). The normalized spacial score (nSPS) is 12.1. The van der Waals surface area contributed by atoms with Gasteiger partial charge in [-0.15, -0.1) is 0 Å². The Bertz CT molecular complexity index is 689. The van der Waals surface area contributed by atoms with E-state index >= 15 is 0 Å². The van der Waals surface area contributed by atoms with Crippen molar-refractivity contribution < 1.29 is 4.74 Å². The molecule has 0 aromatic heterocycles. The van der Waals surface area contributed by atoms with Crippen molar-refractivity contribution in [1.82, 2.24) is 0 Å². The quantitative estimate of drug-likeness (QED) is 0.528. The van der Waals surface area contributed by atoms with Crippen LogP contribution in [0.1, 0.15) is 42.6 Å². The summed E-state index contributed by atoms with van der Waals surface area (Å²) in [6.07, 6.45) is 0.868. The topological polar surface area (TPSA) is 9.23 Å². The van der Waals surface area contributed by atoms with Gasteiger partial charge >= 0.3 is 0 Å². The zero-order chi connectivity index (χ0) is 16.8. The van der Waals surface area contributed by atoms with Crippen molar-refractivity contribution in [3.05, 3.63) is 102 Å². The van der Waals surface area contributed by atoms with Gasteiger partial charge in [-0.1, -0.05) is 86.6 Å². The van der Waals surface area contributed by atoms with Crippen molar-refractivity contribution >= 4 is 0 Å². The van der Waals surface area contributed by atoms with E-state index in [9.17, 15) is 0 Å². The maximum Gasteiger partial charge on any atom is 0.128 e. The highest BCUT2D eigenvalue weighted by Gasteiger charge is 2.15. The molecular weight excluding hydrogens is 292 g/mol. The lowest BCUT2D eigenvalue weighted by Crippen LogP contribution is -2.11. The third kappa shape index (κ3) is 4.26. The Morgan fingerprint density at radius 3 is 1.79 bits per heavy atom. The molecule has 122 valence electrons. The molecule has 3 aromatic rings. The maximum atomic E-state index is 6.30. The first-order valence-electron chi connectivity index (χ1n) is 8.58. The highest BCUT2D eigenvalue weighted by atomic mass is 16.5. The average molecular weight is 316 g/mol. The smallest absolute Gasteiger partial charge is 0.128 e. The summed E-state index contributed by atoms with van der Waals surface area (Å²) in [6.45, 7) is 4.44. The summed E-state index contributed by atoms with van der Waals surface area (Å²) >= 11 is 0. The van der Waals surface area contributed by atoms with Crippen molar-refractivity contribution in [3.8, 4) is 5.75 Å². The van der Waals surface area contributed by atoms with E-state index in [1.807, 2.05) is 36.4 Å². The average Bonchev–Trinajstić information content (AvgIpc) is 2.63. The zero-order valence-corrected chi connectivity index (χ0v) is 14.4. The zero-order valence-electron chi connectivity index (χ0n) is 14.4. The van der Waals surface area contributed by atoms with Crippen LogP contribution in [0, 0.1) is 0 Å². The van der Waals surface area contributed by atoms with E-state index in [1.54, 1.807) is 0 Å². The Hall–Kier alpha value is -2.54. The molecule has 0 spiro atoms. The molecule has 1 unspecified atom stereocenters. The molecule has 1 nitrogen and oxygen atoms in total. The molecule has 0 aliphatic rings. The summed E-state index contributed by atoms with van der Waals surface area (Å²) in [5.41, 5.74) is 3.86. The fourth-order valence-corrected chi connectivity index (χ4v) is 2.81. The second kappa shape index (κ2) is 7.83. The number of hydrogen-bond acceptors (Lipinski definition) is 1. The molecule has 0 fully saturated rings. The van der Waals surface area contributed by atoms with Crippen LogP contribution in [0.4, 0.5) is 0 Å². The van der Waals surface area contributed by atoms with E-state index in [1.165, 1.54) is 16.7 Å². The number of benzene rings is 3. The molecule has 0 N–H and O–H groups in total. The van der Waals surface area contributed by atoms with Crippen molar-refractivity contribution in [1.29, 1.82) is 0 Å². The molecule has 1 atom stereocenters. The minimum atomic E-state index is 0.0102. The Labute approximate surface area is 144 Å². The molecule has 0 bridgehead atoms. The van der Waals surface area contributed by atoms with Crippen LogP contribution < -0.4 is 4.74 Å².